The number of benzene rings is 3. The van der Waals surface area contributed by atoms with E-state index in [0.29, 0.717) is 53.5 Å². The topological polar surface area (TPSA) is 62.9 Å². The van der Waals surface area contributed by atoms with Gasteiger partial charge in [0.2, 0.25) is 0 Å². The maximum atomic E-state index is 6.84. The maximum absolute atomic E-state index is 6.84. The molecule has 0 amide bonds. The van der Waals surface area contributed by atoms with Crippen LogP contribution in [0.4, 0.5) is 0 Å². The highest BCUT2D eigenvalue weighted by Gasteiger charge is 2.69. The van der Waals surface area contributed by atoms with E-state index in [1.54, 1.807) is 0 Å². The highest BCUT2D eigenvalue weighted by molar-refractivity contribution is 6.32. The number of nitrogens with two attached hydrogens (primary N) is 1. The van der Waals surface area contributed by atoms with Crippen LogP contribution in [-0.2, 0) is 22.7 Å². The van der Waals surface area contributed by atoms with Crippen molar-refractivity contribution in [1.82, 2.24) is 0 Å². The summed E-state index contributed by atoms with van der Waals surface area (Å²) < 4.78 is 25.7. The molecule has 3 fully saturated rings. The van der Waals surface area contributed by atoms with Crippen LogP contribution in [0.15, 0.2) is 72.8 Å². The summed E-state index contributed by atoms with van der Waals surface area (Å²) in [4.78, 5) is 0. The Balaban J connectivity index is 1.22. The summed E-state index contributed by atoms with van der Waals surface area (Å²) in [5.74, 6) is 2.31. The van der Waals surface area contributed by atoms with Gasteiger partial charge in [0.25, 0.3) is 0 Å². The predicted molar refractivity (Wildman–Crippen MR) is 157 cm³/mol. The second kappa shape index (κ2) is 11.0. The number of rotatable bonds is 10. The summed E-state index contributed by atoms with van der Waals surface area (Å²) in [6, 6.07) is 23.9. The van der Waals surface area contributed by atoms with Crippen LogP contribution in [-0.4, -0.2) is 18.9 Å². The van der Waals surface area contributed by atoms with E-state index in [1.165, 1.54) is 12.8 Å². The largest absolute Gasteiger partial charge is 0.485 e. The fraction of sp³-hybridized carbons (Fsp3) is 0.471. The average molecular weight is 562 g/mol. The molecule has 0 unspecified atom stereocenters. The highest BCUT2D eigenvalue weighted by Crippen LogP contribution is 2.71. The molecule has 0 aromatic heterocycles. The molecule has 5 nitrogen and oxygen atoms in total. The molecule has 6 rings (SSSR count). The molecule has 3 aromatic rings. The van der Waals surface area contributed by atoms with Crippen molar-refractivity contribution in [2.24, 2.45) is 28.4 Å². The zero-order chi connectivity index (χ0) is 27.9. The van der Waals surface area contributed by atoms with Crippen molar-refractivity contribution in [3.63, 3.8) is 0 Å². The van der Waals surface area contributed by atoms with Crippen LogP contribution < -0.4 is 15.2 Å². The molecular formula is C34H40ClNO4. The van der Waals surface area contributed by atoms with Crippen molar-refractivity contribution >= 4 is 11.6 Å². The van der Waals surface area contributed by atoms with E-state index < -0.39 is 0 Å². The van der Waals surface area contributed by atoms with E-state index in [4.69, 9.17) is 36.3 Å². The van der Waals surface area contributed by atoms with Gasteiger partial charge in [-0.05, 0) is 64.3 Å². The minimum Gasteiger partial charge on any atom is -0.485 e. The van der Waals surface area contributed by atoms with E-state index >= 15 is 0 Å². The van der Waals surface area contributed by atoms with Gasteiger partial charge in [0.1, 0.15) is 13.2 Å². The molecule has 2 saturated carbocycles. The lowest BCUT2D eigenvalue weighted by molar-refractivity contribution is -0.185. The van der Waals surface area contributed by atoms with Crippen LogP contribution in [0, 0.1) is 22.7 Å². The molecule has 0 radical (unpaired) electrons. The molecule has 212 valence electrons. The first-order valence-electron chi connectivity index (χ1n) is 14.5. The van der Waals surface area contributed by atoms with E-state index in [-0.39, 0.29) is 23.9 Å². The second-order valence-corrected chi connectivity index (χ2v) is 12.8. The minimum absolute atomic E-state index is 0.193. The van der Waals surface area contributed by atoms with Crippen molar-refractivity contribution in [2.45, 2.75) is 71.7 Å². The molecule has 6 heteroatoms. The van der Waals surface area contributed by atoms with Crippen molar-refractivity contribution in [2.75, 3.05) is 6.54 Å². The van der Waals surface area contributed by atoms with Gasteiger partial charge in [0, 0.05) is 13.0 Å². The van der Waals surface area contributed by atoms with Gasteiger partial charge in [-0.2, -0.15) is 0 Å². The molecule has 0 spiro atoms. The Hall–Kier alpha value is -2.57. The molecule has 2 bridgehead atoms. The normalized spacial score (nSPS) is 28.8. The lowest BCUT2D eigenvalue weighted by Crippen LogP contribution is -2.38. The number of hydrogen-bond acceptors (Lipinski definition) is 5. The van der Waals surface area contributed by atoms with Gasteiger partial charge in [0.05, 0.1) is 17.2 Å². The summed E-state index contributed by atoms with van der Waals surface area (Å²) in [5.41, 5.74) is 9.74. The maximum Gasteiger partial charge on any atom is 0.180 e. The van der Waals surface area contributed by atoms with E-state index in [2.05, 4.69) is 20.8 Å². The fourth-order valence-corrected chi connectivity index (χ4v) is 7.78. The summed E-state index contributed by atoms with van der Waals surface area (Å²) in [5, 5.41) is 0.468. The zero-order valence-corrected chi connectivity index (χ0v) is 24.4. The molecule has 1 aliphatic heterocycles. The van der Waals surface area contributed by atoms with Gasteiger partial charge >= 0.3 is 0 Å². The number of halogens is 1. The average Bonchev–Trinajstić information content (AvgIpc) is 3.53. The first-order valence-corrected chi connectivity index (χ1v) is 14.9. The molecule has 40 heavy (non-hydrogen) atoms. The monoisotopic (exact) mass is 561 g/mol. The van der Waals surface area contributed by atoms with E-state index in [0.717, 1.165) is 23.1 Å². The van der Waals surface area contributed by atoms with Gasteiger partial charge in [0.15, 0.2) is 17.8 Å². The standard InChI is InChI=1S/C34H40ClNO4/c1-33(2)26-14-15-34(33,3)32-25(26)18-30(40-32)39-29(19-36)24-16-27(35)31(38-21-23-12-8-5-9-13-23)28(17-24)37-20-22-10-6-4-7-11-22/h4-13,16-17,25-26,29-30,32H,14-15,18-21,36H2,1-3H3/t25-,26-,29+,30-,32-,34+/m1/s1. The van der Waals surface area contributed by atoms with Crippen molar-refractivity contribution in [3.8, 4) is 11.5 Å². The van der Waals surface area contributed by atoms with Crippen LogP contribution in [0.25, 0.3) is 0 Å². The fourth-order valence-electron chi connectivity index (χ4n) is 7.51. The lowest BCUT2D eigenvalue weighted by Gasteiger charge is -2.39. The third-order valence-corrected chi connectivity index (χ3v) is 10.3. The van der Waals surface area contributed by atoms with Crippen LogP contribution in [0.3, 0.4) is 0 Å². The van der Waals surface area contributed by atoms with Gasteiger partial charge in [-0.15, -0.1) is 0 Å². The predicted octanol–water partition coefficient (Wildman–Crippen LogP) is 7.70. The number of fused-ring (bicyclic) bond motifs is 5. The molecule has 1 heterocycles. The Kier molecular flexibility index (Phi) is 7.60. The second-order valence-electron chi connectivity index (χ2n) is 12.4. The Morgan fingerprint density at radius 3 is 2.23 bits per heavy atom. The third kappa shape index (κ3) is 4.92. The van der Waals surface area contributed by atoms with Gasteiger partial charge < -0.3 is 24.7 Å². The molecular weight excluding hydrogens is 522 g/mol. The number of ether oxygens (including phenoxy) is 4. The summed E-state index contributed by atoms with van der Waals surface area (Å²) in [7, 11) is 0. The first-order chi connectivity index (χ1) is 19.3. The Labute approximate surface area is 242 Å². The summed E-state index contributed by atoms with van der Waals surface area (Å²) >= 11 is 6.84. The van der Waals surface area contributed by atoms with Crippen molar-refractivity contribution < 1.29 is 18.9 Å². The lowest BCUT2D eigenvalue weighted by atomic mass is 9.70. The van der Waals surface area contributed by atoms with Crippen LogP contribution >= 0.6 is 11.6 Å². The molecule has 3 aliphatic rings. The quantitative estimate of drug-likeness (QED) is 0.275. The van der Waals surface area contributed by atoms with Gasteiger partial charge in [-0.3, -0.25) is 0 Å². The smallest absolute Gasteiger partial charge is 0.180 e. The zero-order valence-electron chi connectivity index (χ0n) is 23.6. The minimum atomic E-state index is -0.373. The van der Waals surface area contributed by atoms with Gasteiger partial charge in [-0.1, -0.05) is 93.0 Å². The highest BCUT2D eigenvalue weighted by atomic mass is 35.5. The van der Waals surface area contributed by atoms with Gasteiger partial charge in [-0.25, -0.2) is 0 Å². The molecule has 3 aromatic carbocycles. The van der Waals surface area contributed by atoms with Crippen LogP contribution in [0.5, 0.6) is 11.5 Å². The molecule has 2 aliphatic carbocycles. The molecule has 2 N–H and O–H groups in total. The first kappa shape index (κ1) is 27.6. The van der Waals surface area contributed by atoms with Crippen molar-refractivity contribution in [3.05, 3.63) is 94.5 Å². The van der Waals surface area contributed by atoms with Crippen molar-refractivity contribution in [1.29, 1.82) is 0 Å². The Morgan fingerprint density at radius 2 is 1.60 bits per heavy atom. The summed E-state index contributed by atoms with van der Waals surface area (Å²) in [6.45, 7) is 8.33. The SMILES string of the molecule is CC1(C)[C@@H]2CC[C@@]1(C)[C@@H]1O[C@@H](O[C@@H](CN)c3cc(Cl)c(OCc4ccccc4)c(OCc4ccccc4)c3)C[C@H]21. The Bertz CT molecular complexity index is 1320. The van der Waals surface area contributed by atoms with E-state index in [9.17, 15) is 0 Å². The van der Waals surface area contributed by atoms with Crippen LogP contribution in [0.1, 0.15) is 62.8 Å². The molecule has 6 atom stereocenters. The van der Waals surface area contributed by atoms with Crippen LogP contribution in [0.2, 0.25) is 5.02 Å². The number of hydrogen-bond donors (Lipinski definition) is 1. The van der Waals surface area contributed by atoms with E-state index in [1.807, 2.05) is 72.8 Å². The Morgan fingerprint density at radius 1 is 0.950 bits per heavy atom. The summed E-state index contributed by atoms with van der Waals surface area (Å²) in [6.07, 6.45) is 3.01. The third-order valence-electron chi connectivity index (χ3n) is 10.1. The molecule has 1 saturated heterocycles.